The molecule has 3 rings (SSSR count). The van der Waals surface area contributed by atoms with E-state index in [1.165, 1.54) is 5.56 Å². The Morgan fingerprint density at radius 1 is 1.00 bits per heavy atom. The molecule has 0 radical (unpaired) electrons. The van der Waals surface area contributed by atoms with Gasteiger partial charge in [0, 0.05) is 5.41 Å². The molecule has 2 aromatic carbocycles. The molecule has 3 heteroatoms. The first-order chi connectivity index (χ1) is 10.7. The predicted octanol–water partition coefficient (Wildman–Crippen LogP) is 4.83. The van der Waals surface area contributed by atoms with Crippen LogP contribution in [0.25, 0.3) is 11.8 Å². The first kappa shape index (κ1) is 14.5. The van der Waals surface area contributed by atoms with Crippen molar-refractivity contribution >= 4 is 22.5 Å². The van der Waals surface area contributed by atoms with E-state index in [-0.39, 0.29) is 0 Å². The van der Waals surface area contributed by atoms with Crippen molar-refractivity contribution in [3.05, 3.63) is 93.9 Å². The normalized spacial score (nSPS) is 19.4. The largest absolute Gasteiger partial charge is 0.348 e. The molecule has 110 valence electrons. The molecule has 2 N–H and O–H groups in total. The van der Waals surface area contributed by atoms with Crippen LogP contribution in [0.15, 0.2) is 77.2 Å². The van der Waals surface area contributed by atoms with E-state index >= 15 is 0 Å². The molecule has 0 aliphatic carbocycles. The lowest BCUT2D eigenvalue weighted by Gasteiger charge is -2.05. The van der Waals surface area contributed by atoms with Gasteiger partial charge in [-0.2, -0.15) is 0 Å². The van der Waals surface area contributed by atoms with Gasteiger partial charge in [-0.3, -0.25) is 4.78 Å². The number of allylic oxidation sites excluding steroid dienone is 2. The second-order valence-electron chi connectivity index (χ2n) is 5.16. The summed E-state index contributed by atoms with van der Waals surface area (Å²) in [5, 5.41) is 6.27. The minimum atomic E-state index is -0.618. The van der Waals surface area contributed by atoms with Gasteiger partial charge in [0.05, 0.1) is 10.7 Å². The Labute approximate surface area is 133 Å². The van der Waals surface area contributed by atoms with Crippen LogP contribution in [0, 0.1) is 11.7 Å². The van der Waals surface area contributed by atoms with Gasteiger partial charge in [-0.25, -0.2) is 0 Å². The molecule has 0 saturated heterocycles. The molecular formula is C19H18N2S. The zero-order valence-corrected chi connectivity index (χ0v) is 13.2. The van der Waals surface area contributed by atoms with Crippen LogP contribution in [0.5, 0.6) is 0 Å². The number of nitrogens with one attached hydrogen (secondary N) is 2. The second kappa shape index (κ2) is 6.58. The van der Waals surface area contributed by atoms with Crippen molar-refractivity contribution in [2.24, 2.45) is 0 Å². The molecule has 0 fully saturated rings. The average Bonchev–Trinajstić information content (AvgIpc) is 2.90. The van der Waals surface area contributed by atoms with Crippen molar-refractivity contribution < 1.29 is 0 Å². The highest BCUT2D eigenvalue weighted by Crippen LogP contribution is 2.23. The molecule has 0 bridgehead atoms. The predicted molar refractivity (Wildman–Crippen MR) is 95.9 cm³/mol. The molecule has 1 unspecified atom stereocenters. The fourth-order valence-electron chi connectivity index (χ4n) is 2.20. The van der Waals surface area contributed by atoms with Crippen molar-refractivity contribution in [3.63, 3.8) is 0 Å². The number of benzene rings is 2. The van der Waals surface area contributed by atoms with E-state index in [4.69, 9.17) is 4.78 Å². The standard InChI is InChI=1S/C19H18N2S/c1-15-10-12-17(13-11-15)18-14-22(20)19(21-18)9-5-8-16-6-3-2-4-7-16/h2-14,20-21H,1H3. The Kier molecular flexibility index (Phi) is 4.35. The Bertz CT molecular complexity index is 769. The summed E-state index contributed by atoms with van der Waals surface area (Å²) in [6, 6.07) is 18.5. The van der Waals surface area contributed by atoms with E-state index < -0.39 is 10.7 Å². The molecular weight excluding hydrogens is 288 g/mol. The van der Waals surface area contributed by atoms with Crippen molar-refractivity contribution in [3.8, 4) is 0 Å². The van der Waals surface area contributed by atoms with Gasteiger partial charge in [0.25, 0.3) is 0 Å². The number of aryl methyl sites for hydroxylation is 1. The maximum Gasteiger partial charge on any atom is 0.0874 e. The molecule has 1 heterocycles. The maximum atomic E-state index is 8.18. The number of rotatable bonds is 3. The highest BCUT2D eigenvalue weighted by atomic mass is 32.2. The third-order valence-corrected chi connectivity index (χ3v) is 4.61. The summed E-state index contributed by atoms with van der Waals surface area (Å²) in [5.41, 5.74) is 4.56. The molecule has 2 nitrogen and oxygen atoms in total. The minimum Gasteiger partial charge on any atom is -0.348 e. The summed E-state index contributed by atoms with van der Waals surface area (Å²) in [6.07, 6.45) is 6.04. The van der Waals surface area contributed by atoms with Gasteiger partial charge in [0.1, 0.15) is 0 Å². The summed E-state index contributed by atoms with van der Waals surface area (Å²) in [5.74, 6) is 0. The monoisotopic (exact) mass is 306 g/mol. The smallest absolute Gasteiger partial charge is 0.0874 e. The molecule has 0 saturated carbocycles. The van der Waals surface area contributed by atoms with Crippen LogP contribution in [0.4, 0.5) is 0 Å². The molecule has 1 aliphatic rings. The molecule has 1 aliphatic heterocycles. The zero-order valence-electron chi connectivity index (χ0n) is 12.4. The fraction of sp³-hybridized carbons (Fsp3) is 0.0526. The van der Waals surface area contributed by atoms with Crippen LogP contribution in [-0.2, 0) is 10.7 Å². The van der Waals surface area contributed by atoms with Crippen molar-refractivity contribution in [2.75, 3.05) is 0 Å². The van der Waals surface area contributed by atoms with Crippen molar-refractivity contribution in [2.45, 2.75) is 6.92 Å². The van der Waals surface area contributed by atoms with Gasteiger partial charge in [-0.1, -0.05) is 72.3 Å². The lowest BCUT2D eigenvalue weighted by atomic mass is 10.1. The molecule has 22 heavy (non-hydrogen) atoms. The van der Waals surface area contributed by atoms with E-state index in [1.807, 2.05) is 35.8 Å². The summed E-state index contributed by atoms with van der Waals surface area (Å²) in [7, 11) is -0.618. The van der Waals surface area contributed by atoms with Crippen LogP contribution >= 0.6 is 0 Å². The Morgan fingerprint density at radius 2 is 1.73 bits per heavy atom. The van der Waals surface area contributed by atoms with Gasteiger partial charge in [-0.15, -0.1) is 0 Å². The number of hydrogen-bond acceptors (Lipinski definition) is 2. The Hall–Kier alpha value is -2.39. The van der Waals surface area contributed by atoms with E-state index in [1.54, 1.807) is 0 Å². The molecule has 1 atom stereocenters. The van der Waals surface area contributed by atoms with Gasteiger partial charge >= 0.3 is 0 Å². The van der Waals surface area contributed by atoms with E-state index in [0.717, 1.165) is 21.9 Å². The summed E-state index contributed by atoms with van der Waals surface area (Å²) in [6.45, 7) is 2.08. The van der Waals surface area contributed by atoms with Gasteiger partial charge < -0.3 is 5.32 Å². The van der Waals surface area contributed by atoms with Gasteiger partial charge in [-0.05, 0) is 34.8 Å². The summed E-state index contributed by atoms with van der Waals surface area (Å²) < 4.78 is 8.18. The van der Waals surface area contributed by atoms with Gasteiger partial charge in [0.15, 0.2) is 0 Å². The molecule has 0 aromatic heterocycles. The Morgan fingerprint density at radius 3 is 2.45 bits per heavy atom. The Balaban J connectivity index is 1.73. The average molecular weight is 306 g/mol. The van der Waals surface area contributed by atoms with Crippen LogP contribution < -0.4 is 5.32 Å². The van der Waals surface area contributed by atoms with Crippen molar-refractivity contribution in [1.29, 1.82) is 4.78 Å². The molecule has 0 spiro atoms. The first-order valence-electron chi connectivity index (χ1n) is 7.16. The zero-order chi connectivity index (χ0) is 15.4. The maximum absolute atomic E-state index is 8.18. The SMILES string of the molecule is Cc1ccc(C2=CS(=N)C(=CC=Cc3ccccc3)N2)cc1. The quantitative estimate of drug-likeness (QED) is 0.837. The molecule has 2 aromatic rings. The highest BCUT2D eigenvalue weighted by molar-refractivity contribution is 7.93. The summed E-state index contributed by atoms with van der Waals surface area (Å²) >= 11 is 0. The number of hydrogen-bond donors (Lipinski definition) is 2. The first-order valence-corrected chi connectivity index (χ1v) is 8.45. The topological polar surface area (TPSA) is 35.9 Å². The lowest BCUT2D eigenvalue weighted by molar-refractivity contribution is 1.20. The van der Waals surface area contributed by atoms with Crippen molar-refractivity contribution in [1.82, 2.24) is 5.32 Å². The van der Waals surface area contributed by atoms with E-state index in [2.05, 4.69) is 54.7 Å². The van der Waals surface area contributed by atoms with Crippen LogP contribution in [0.2, 0.25) is 0 Å². The summed E-state index contributed by atoms with van der Waals surface area (Å²) in [4.78, 5) is 0. The second-order valence-corrected chi connectivity index (χ2v) is 6.51. The molecule has 0 amide bonds. The van der Waals surface area contributed by atoms with Gasteiger partial charge in [0.2, 0.25) is 0 Å². The fourth-order valence-corrected chi connectivity index (χ4v) is 3.20. The third-order valence-electron chi connectivity index (χ3n) is 3.43. The third kappa shape index (κ3) is 3.43. The van der Waals surface area contributed by atoms with Crippen LogP contribution in [0.3, 0.4) is 0 Å². The lowest BCUT2D eigenvalue weighted by Crippen LogP contribution is -2.06. The highest BCUT2D eigenvalue weighted by Gasteiger charge is 2.14. The van der Waals surface area contributed by atoms with E-state index in [9.17, 15) is 0 Å². The van der Waals surface area contributed by atoms with Crippen LogP contribution in [0.1, 0.15) is 16.7 Å². The minimum absolute atomic E-state index is 0.618. The van der Waals surface area contributed by atoms with Crippen LogP contribution in [-0.4, -0.2) is 0 Å². The van der Waals surface area contributed by atoms with E-state index in [0.29, 0.717) is 0 Å².